The van der Waals surface area contributed by atoms with Crippen LogP contribution in [0.2, 0.25) is 0 Å². The van der Waals surface area contributed by atoms with Gasteiger partial charge in [0.1, 0.15) is 11.5 Å². The minimum Gasteiger partial charge on any atom is -0.339 e. The first-order chi connectivity index (χ1) is 12.8. The molecule has 0 aliphatic carbocycles. The topological polar surface area (TPSA) is 71.4 Å². The number of pyridine rings is 1. The lowest BCUT2D eigenvalue weighted by Crippen LogP contribution is -2.38. The molecule has 3 rings (SSSR count). The maximum atomic E-state index is 13.3. The molecule has 6 nitrogen and oxygen atoms in total. The highest BCUT2D eigenvalue weighted by molar-refractivity contribution is 6.05. The second-order valence-corrected chi connectivity index (χ2v) is 7.00. The highest BCUT2D eigenvalue weighted by Gasteiger charge is 2.23. The Balaban J connectivity index is 1.85. The standard InChI is InChI=1S/C20H22FN3O3/c1-13-6-8-24(9-7-13)19(26)15-11-17(20(27)23(2)12-15)22-18(25)14-4-3-5-16(21)10-14/h3-5,10-13H,6-9H2,1-2H3,(H,22,25). The number of hydrogen-bond donors (Lipinski definition) is 1. The van der Waals surface area contributed by atoms with Crippen molar-refractivity contribution in [1.82, 2.24) is 9.47 Å². The van der Waals surface area contributed by atoms with E-state index < -0.39 is 17.3 Å². The highest BCUT2D eigenvalue weighted by atomic mass is 19.1. The van der Waals surface area contributed by atoms with Gasteiger partial charge in [0.2, 0.25) is 0 Å². The number of piperidine rings is 1. The van der Waals surface area contributed by atoms with E-state index in [1.807, 2.05) is 0 Å². The summed E-state index contributed by atoms with van der Waals surface area (Å²) in [7, 11) is 1.52. The smallest absolute Gasteiger partial charge is 0.274 e. The molecule has 0 saturated carbocycles. The fourth-order valence-electron chi connectivity index (χ4n) is 3.14. The number of nitrogens with one attached hydrogen (secondary N) is 1. The van der Waals surface area contributed by atoms with Crippen LogP contribution in [0.1, 0.15) is 40.5 Å². The first kappa shape index (κ1) is 18.8. The lowest BCUT2D eigenvalue weighted by molar-refractivity contribution is 0.0696. The van der Waals surface area contributed by atoms with E-state index in [0.717, 1.165) is 18.9 Å². The van der Waals surface area contributed by atoms with E-state index in [2.05, 4.69) is 12.2 Å². The number of halogens is 1. The number of anilines is 1. The van der Waals surface area contributed by atoms with Crippen molar-refractivity contribution < 1.29 is 14.0 Å². The van der Waals surface area contributed by atoms with Crippen LogP contribution in [0.15, 0.2) is 41.3 Å². The van der Waals surface area contributed by atoms with Gasteiger partial charge in [-0.05, 0) is 43.0 Å². The monoisotopic (exact) mass is 371 g/mol. The summed E-state index contributed by atoms with van der Waals surface area (Å²) in [4.78, 5) is 39.2. The Morgan fingerprint density at radius 1 is 1.15 bits per heavy atom. The second-order valence-electron chi connectivity index (χ2n) is 7.00. The van der Waals surface area contributed by atoms with Crippen molar-refractivity contribution in [2.24, 2.45) is 13.0 Å². The summed E-state index contributed by atoms with van der Waals surface area (Å²) in [6.07, 6.45) is 3.36. The van der Waals surface area contributed by atoms with Crippen LogP contribution in [-0.2, 0) is 7.05 Å². The number of rotatable bonds is 3. The molecule has 0 bridgehead atoms. The Bertz CT molecular complexity index is 930. The predicted octanol–water partition coefficient (Wildman–Crippen LogP) is 2.65. The summed E-state index contributed by atoms with van der Waals surface area (Å²) in [6.45, 7) is 3.51. The van der Waals surface area contributed by atoms with Gasteiger partial charge in [-0.15, -0.1) is 0 Å². The number of benzene rings is 1. The number of likely N-dealkylation sites (tertiary alicyclic amines) is 1. The second kappa shape index (κ2) is 7.73. The first-order valence-corrected chi connectivity index (χ1v) is 8.92. The molecule has 2 aromatic rings. The summed E-state index contributed by atoms with van der Waals surface area (Å²) in [6, 6.07) is 6.57. The normalized spacial score (nSPS) is 14.9. The van der Waals surface area contributed by atoms with Gasteiger partial charge < -0.3 is 14.8 Å². The molecular formula is C20H22FN3O3. The molecule has 2 heterocycles. The van der Waals surface area contributed by atoms with Crippen molar-refractivity contribution in [2.45, 2.75) is 19.8 Å². The third-order valence-corrected chi connectivity index (χ3v) is 4.84. The van der Waals surface area contributed by atoms with Gasteiger partial charge in [-0.25, -0.2) is 4.39 Å². The molecule has 1 aliphatic heterocycles. The lowest BCUT2D eigenvalue weighted by atomic mass is 9.99. The van der Waals surface area contributed by atoms with Crippen LogP contribution in [0, 0.1) is 11.7 Å². The quantitative estimate of drug-likeness (QED) is 0.902. The molecule has 0 radical (unpaired) electrons. The summed E-state index contributed by atoms with van der Waals surface area (Å²) in [5.41, 5.74) is -0.0217. The molecule has 1 aliphatic rings. The van der Waals surface area contributed by atoms with Gasteiger partial charge in [0.25, 0.3) is 17.4 Å². The van der Waals surface area contributed by atoms with Gasteiger partial charge in [-0.2, -0.15) is 0 Å². The van der Waals surface area contributed by atoms with Gasteiger partial charge >= 0.3 is 0 Å². The predicted molar refractivity (Wildman–Crippen MR) is 100 cm³/mol. The van der Waals surface area contributed by atoms with Crippen LogP contribution in [0.4, 0.5) is 10.1 Å². The zero-order valence-corrected chi connectivity index (χ0v) is 15.4. The third kappa shape index (κ3) is 4.24. The Hall–Kier alpha value is -2.96. The maximum absolute atomic E-state index is 13.3. The van der Waals surface area contributed by atoms with Gasteiger partial charge in [0.05, 0.1) is 5.56 Å². The van der Waals surface area contributed by atoms with Crippen LogP contribution >= 0.6 is 0 Å². The SMILES string of the molecule is CC1CCN(C(=O)c2cc(NC(=O)c3cccc(F)c3)c(=O)n(C)c2)CC1. The number of nitrogens with zero attached hydrogens (tertiary/aromatic N) is 2. The molecule has 2 amide bonds. The minimum absolute atomic E-state index is 0.0111. The minimum atomic E-state index is -0.608. The molecule has 1 aromatic carbocycles. The van der Waals surface area contributed by atoms with E-state index in [4.69, 9.17) is 0 Å². The number of aromatic nitrogens is 1. The Kier molecular flexibility index (Phi) is 5.39. The summed E-state index contributed by atoms with van der Waals surface area (Å²) in [5.74, 6) is -0.726. The van der Waals surface area contributed by atoms with Crippen LogP contribution < -0.4 is 10.9 Å². The number of carbonyl (C=O) groups excluding carboxylic acids is 2. The largest absolute Gasteiger partial charge is 0.339 e. The van der Waals surface area contributed by atoms with E-state index in [0.29, 0.717) is 24.6 Å². The molecule has 27 heavy (non-hydrogen) atoms. The van der Waals surface area contributed by atoms with E-state index in [-0.39, 0.29) is 17.2 Å². The van der Waals surface area contributed by atoms with Crippen molar-refractivity contribution in [3.05, 3.63) is 63.8 Å². The molecule has 0 unspecified atom stereocenters. The third-order valence-electron chi connectivity index (χ3n) is 4.84. The zero-order valence-electron chi connectivity index (χ0n) is 15.4. The van der Waals surface area contributed by atoms with Gasteiger partial charge in [0, 0.05) is 31.9 Å². The molecule has 7 heteroatoms. The zero-order chi connectivity index (χ0) is 19.6. The first-order valence-electron chi connectivity index (χ1n) is 8.92. The molecule has 0 spiro atoms. The van der Waals surface area contributed by atoms with Crippen molar-refractivity contribution in [3.8, 4) is 0 Å². The summed E-state index contributed by atoms with van der Waals surface area (Å²) < 4.78 is 14.6. The Morgan fingerprint density at radius 2 is 1.85 bits per heavy atom. The average Bonchev–Trinajstić information content (AvgIpc) is 2.65. The molecule has 1 saturated heterocycles. The summed E-state index contributed by atoms with van der Waals surface area (Å²) >= 11 is 0. The number of aryl methyl sites for hydroxylation is 1. The molecule has 1 aromatic heterocycles. The van der Waals surface area contributed by atoms with Crippen molar-refractivity contribution >= 4 is 17.5 Å². The van der Waals surface area contributed by atoms with E-state index in [1.54, 1.807) is 4.90 Å². The van der Waals surface area contributed by atoms with E-state index >= 15 is 0 Å². The van der Waals surface area contributed by atoms with Crippen molar-refractivity contribution in [1.29, 1.82) is 0 Å². The number of amides is 2. The van der Waals surface area contributed by atoms with Crippen LogP contribution in [0.3, 0.4) is 0 Å². The molecule has 0 atom stereocenters. The molecule has 1 fully saturated rings. The van der Waals surface area contributed by atoms with Gasteiger partial charge in [-0.3, -0.25) is 14.4 Å². The maximum Gasteiger partial charge on any atom is 0.274 e. The van der Waals surface area contributed by atoms with Crippen molar-refractivity contribution in [3.63, 3.8) is 0 Å². The van der Waals surface area contributed by atoms with Crippen LogP contribution in [0.5, 0.6) is 0 Å². The fraction of sp³-hybridized carbons (Fsp3) is 0.350. The van der Waals surface area contributed by atoms with Crippen LogP contribution in [0.25, 0.3) is 0 Å². The molecule has 142 valence electrons. The van der Waals surface area contributed by atoms with E-state index in [1.165, 1.54) is 42.1 Å². The number of hydrogen-bond acceptors (Lipinski definition) is 3. The summed E-state index contributed by atoms with van der Waals surface area (Å²) in [5, 5.41) is 2.49. The van der Waals surface area contributed by atoms with E-state index in [9.17, 15) is 18.8 Å². The fourth-order valence-corrected chi connectivity index (χ4v) is 3.14. The van der Waals surface area contributed by atoms with Crippen molar-refractivity contribution in [2.75, 3.05) is 18.4 Å². The van der Waals surface area contributed by atoms with Gasteiger partial charge in [-0.1, -0.05) is 13.0 Å². The average molecular weight is 371 g/mol. The van der Waals surface area contributed by atoms with Crippen LogP contribution in [-0.4, -0.2) is 34.4 Å². The molecule has 1 N–H and O–H groups in total. The number of carbonyl (C=O) groups is 2. The Labute approximate surface area is 156 Å². The van der Waals surface area contributed by atoms with Gasteiger partial charge in [0.15, 0.2) is 0 Å². The highest BCUT2D eigenvalue weighted by Crippen LogP contribution is 2.19. The Morgan fingerprint density at radius 3 is 2.52 bits per heavy atom. The molecular weight excluding hydrogens is 349 g/mol. The lowest BCUT2D eigenvalue weighted by Gasteiger charge is -2.30.